The molecular formula is C9H13N3S. The van der Waals surface area contributed by atoms with E-state index in [1.54, 1.807) is 6.20 Å². The molecule has 1 aromatic rings. The number of hydrogen-bond acceptors (Lipinski definition) is 3. The van der Waals surface area contributed by atoms with Crippen LogP contribution in [0.3, 0.4) is 0 Å². The standard InChI is InChI=1S/C9H13N3S/c1-2-13-7-3-5-12-6-4-11-9(12)8-10/h4,6H,2-3,5,7H2,1H3. The first-order valence-electron chi connectivity index (χ1n) is 4.37. The molecule has 1 aromatic heterocycles. The molecule has 0 saturated carbocycles. The molecule has 0 aliphatic carbocycles. The third kappa shape index (κ3) is 3.11. The summed E-state index contributed by atoms with van der Waals surface area (Å²) in [5.41, 5.74) is 0. The first-order chi connectivity index (χ1) is 6.38. The van der Waals surface area contributed by atoms with Crippen molar-refractivity contribution in [2.45, 2.75) is 19.9 Å². The van der Waals surface area contributed by atoms with Gasteiger partial charge < -0.3 is 4.57 Å². The summed E-state index contributed by atoms with van der Waals surface area (Å²) in [4.78, 5) is 3.93. The highest BCUT2D eigenvalue weighted by molar-refractivity contribution is 7.99. The normalized spacial score (nSPS) is 9.85. The minimum Gasteiger partial charge on any atom is -0.323 e. The van der Waals surface area contributed by atoms with Gasteiger partial charge in [-0.25, -0.2) is 4.98 Å². The van der Waals surface area contributed by atoms with Gasteiger partial charge in [-0.2, -0.15) is 17.0 Å². The van der Waals surface area contributed by atoms with Gasteiger partial charge in [0.15, 0.2) is 0 Å². The summed E-state index contributed by atoms with van der Waals surface area (Å²) in [6.07, 6.45) is 4.63. The second kappa shape index (κ2) is 5.65. The monoisotopic (exact) mass is 195 g/mol. The Morgan fingerprint density at radius 1 is 1.69 bits per heavy atom. The smallest absolute Gasteiger partial charge is 0.212 e. The van der Waals surface area contributed by atoms with Crippen molar-refractivity contribution in [2.75, 3.05) is 11.5 Å². The van der Waals surface area contributed by atoms with Crippen LogP contribution < -0.4 is 0 Å². The van der Waals surface area contributed by atoms with E-state index in [9.17, 15) is 0 Å². The average Bonchev–Trinajstić information content (AvgIpc) is 2.60. The third-order valence-electron chi connectivity index (χ3n) is 1.71. The molecule has 13 heavy (non-hydrogen) atoms. The molecule has 0 saturated heterocycles. The number of nitrogens with zero attached hydrogens (tertiary/aromatic N) is 3. The fraction of sp³-hybridized carbons (Fsp3) is 0.556. The van der Waals surface area contributed by atoms with E-state index >= 15 is 0 Å². The van der Waals surface area contributed by atoms with Gasteiger partial charge in [0.1, 0.15) is 6.07 Å². The topological polar surface area (TPSA) is 41.6 Å². The van der Waals surface area contributed by atoms with Gasteiger partial charge in [-0.05, 0) is 17.9 Å². The number of rotatable bonds is 5. The number of hydrogen-bond donors (Lipinski definition) is 0. The maximum atomic E-state index is 8.67. The summed E-state index contributed by atoms with van der Waals surface area (Å²) in [6.45, 7) is 3.05. The molecule has 0 spiro atoms. The molecule has 3 nitrogen and oxygen atoms in total. The summed E-state index contributed by atoms with van der Waals surface area (Å²) >= 11 is 1.93. The largest absolute Gasteiger partial charge is 0.323 e. The maximum Gasteiger partial charge on any atom is 0.212 e. The summed E-state index contributed by atoms with van der Waals surface area (Å²) in [5, 5.41) is 8.67. The summed E-state index contributed by atoms with van der Waals surface area (Å²) in [6, 6.07) is 2.06. The quantitative estimate of drug-likeness (QED) is 0.674. The Labute approximate surface area is 82.8 Å². The average molecular weight is 195 g/mol. The van der Waals surface area contributed by atoms with Gasteiger partial charge in [0.05, 0.1) is 0 Å². The van der Waals surface area contributed by atoms with Gasteiger partial charge in [0.2, 0.25) is 5.82 Å². The van der Waals surface area contributed by atoms with Crippen molar-refractivity contribution in [2.24, 2.45) is 0 Å². The van der Waals surface area contributed by atoms with Crippen LogP contribution in [0.5, 0.6) is 0 Å². The molecule has 1 heterocycles. The van der Waals surface area contributed by atoms with Gasteiger partial charge in [-0.15, -0.1) is 0 Å². The Bertz CT molecular complexity index is 287. The predicted octanol–water partition coefficient (Wildman–Crippen LogP) is 1.90. The molecule has 0 aliphatic heterocycles. The number of imidazole rings is 1. The Kier molecular flexibility index (Phi) is 4.41. The van der Waals surface area contributed by atoms with Crippen LogP contribution in [0.25, 0.3) is 0 Å². The van der Waals surface area contributed by atoms with E-state index in [2.05, 4.69) is 18.0 Å². The minimum atomic E-state index is 0.515. The molecule has 0 fully saturated rings. The highest BCUT2D eigenvalue weighted by atomic mass is 32.2. The molecule has 0 aliphatic rings. The van der Waals surface area contributed by atoms with Crippen LogP contribution in [0.15, 0.2) is 12.4 Å². The zero-order chi connectivity index (χ0) is 9.52. The van der Waals surface area contributed by atoms with E-state index in [-0.39, 0.29) is 0 Å². The molecular weight excluding hydrogens is 182 g/mol. The highest BCUT2D eigenvalue weighted by Gasteiger charge is 1.99. The SMILES string of the molecule is CCSCCCn1ccnc1C#N. The number of aromatic nitrogens is 2. The van der Waals surface area contributed by atoms with E-state index in [0.29, 0.717) is 5.82 Å². The molecule has 0 bridgehead atoms. The third-order valence-corrected chi connectivity index (χ3v) is 2.69. The van der Waals surface area contributed by atoms with Gasteiger partial charge in [0, 0.05) is 18.9 Å². The first kappa shape index (κ1) is 10.1. The van der Waals surface area contributed by atoms with Gasteiger partial charge >= 0.3 is 0 Å². The Morgan fingerprint density at radius 3 is 3.23 bits per heavy atom. The summed E-state index contributed by atoms with van der Waals surface area (Å²) in [7, 11) is 0. The van der Waals surface area contributed by atoms with Crippen molar-refractivity contribution in [1.29, 1.82) is 5.26 Å². The highest BCUT2D eigenvalue weighted by Crippen LogP contribution is 2.04. The van der Waals surface area contributed by atoms with Crippen molar-refractivity contribution in [1.82, 2.24) is 9.55 Å². The second-order valence-corrected chi connectivity index (χ2v) is 4.00. The van der Waals surface area contributed by atoms with Gasteiger partial charge in [0.25, 0.3) is 0 Å². The van der Waals surface area contributed by atoms with Crippen molar-refractivity contribution in [3.63, 3.8) is 0 Å². The van der Waals surface area contributed by atoms with Crippen LogP contribution in [0, 0.1) is 11.3 Å². The van der Waals surface area contributed by atoms with E-state index in [0.717, 1.165) is 24.5 Å². The number of nitriles is 1. The molecule has 0 amide bonds. The lowest BCUT2D eigenvalue weighted by atomic mass is 10.4. The zero-order valence-corrected chi connectivity index (χ0v) is 8.55. The lowest BCUT2D eigenvalue weighted by Gasteiger charge is -2.01. The zero-order valence-electron chi connectivity index (χ0n) is 7.73. The van der Waals surface area contributed by atoms with Crippen LogP contribution in [-0.4, -0.2) is 21.1 Å². The first-order valence-corrected chi connectivity index (χ1v) is 5.53. The Morgan fingerprint density at radius 2 is 2.54 bits per heavy atom. The lowest BCUT2D eigenvalue weighted by Crippen LogP contribution is -2.00. The number of thioether (sulfide) groups is 1. The number of aryl methyl sites for hydroxylation is 1. The van der Waals surface area contributed by atoms with Gasteiger partial charge in [-0.3, -0.25) is 0 Å². The van der Waals surface area contributed by atoms with Crippen molar-refractivity contribution in [3.8, 4) is 6.07 Å². The molecule has 1 rings (SSSR count). The molecule has 0 unspecified atom stereocenters. The van der Waals surface area contributed by atoms with Crippen molar-refractivity contribution in [3.05, 3.63) is 18.2 Å². The van der Waals surface area contributed by atoms with E-state index in [1.807, 2.05) is 22.5 Å². The molecule has 0 radical (unpaired) electrons. The fourth-order valence-electron chi connectivity index (χ4n) is 1.08. The van der Waals surface area contributed by atoms with Crippen molar-refractivity contribution >= 4 is 11.8 Å². The van der Waals surface area contributed by atoms with Crippen LogP contribution in [0.1, 0.15) is 19.2 Å². The summed E-state index contributed by atoms with van der Waals surface area (Å²) < 4.78 is 1.90. The molecule has 0 aromatic carbocycles. The summed E-state index contributed by atoms with van der Waals surface area (Å²) in [5.74, 6) is 2.83. The molecule has 0 N–H and O–H groups in total. The van der Waals surface area contributed by atoms with Crippen LogP contribution in [-0.2, 0) is 6.54 Å². The molecule has 4 heteroatoms. The Balaban J connectivity index is 2.33. The van der Waals surface area contributed by atoms with E-state index in [1.165, 1.54) is 0 Å². The molecule has 0 atom stereocenters. The van der Waals surface area contributed by atoms with Crippen LogP contribution >= 0.6 is 11.8 Å². The second-order valence-electron chi connectivity index (χ2n) is 2.61. The van der Waals surface area contributed by atoms with E-state index in [4.69, 9.17) is 5.26 Å². The minimum absolute atomic E-state index is 0.515. The lowest BCUT2D eigenvalue weighted by molar-refractivity contribution is 0.674. The van der Waals surface area contributed by atoms with Crippen LogP contribution in [0.4, 0.5) is 0 Å². The van der Waals surface area contributed by atoms with E-state index < -0.39 is 0 Å². The van der Waals surface area contributed by atoms with Crippen LogP contribution in [0.2, 0.25) is 0 Å². The molecule has 70 valence electrons. The van der Waals surface area contributed by atoms with Crippen molar-refractivity contribution < 1.29 is 0 Å². The Hall–Kier alpha value is -0.950. The predicted molar refractivity (Wildman–Crippen MR) is 54.6 cm³/mol. The fourth-order valence-corrected chi connectivity index (χ4v) is 1.71. The van der Waals surface area contributed by atoms with Gasteiger partial charge in [-0.1, -0.05) is 6.92 Å². The maximum absolute atomic E-state index is 8.67.